The van der Waals surface area contributed by atoms with Crippen molar-refractivity contribution in [3.63, 3.8) is 0 Å². The third kappa shape index (κ3) is 2.59. The monoisotopic (exact) mass is 202 g/mol. The summed E-state index contributed by atoms with van der Waals surface area (Å²) in [5.74, 6) is 1.84. The van der Waals surface area contributed by atoms with Crippen LogP contribution in [0.1, 0.15) is 5.56 Å². The number of amidine groups is 1. The molecule has 3 nitrogen and oxygen atoms in total. The van der Waals surface area contributed by atoms with E-state index in [4.69, 9.17) is 4.74 Å². The van der Waals surface area contributed by atoms with Gasteiger partial charge in [-0.05, 0) is 23.8 Å². The maximum atomic E-state index is 5.09. The maximum Gasteiger partial charge on any atom is 0.120 e. The molecule has 0 saturated carbocycles. The normalized spacial score (nSPS) is 15.1. The Kier molecular flexibility index (Phi) is 3.02. The largest absolute Gasteiger partial charge is 0.497 e. The average molecular weight is 202 g/mol. The summed E-state index contributed by atoms with van der Waals surface area (Å²) < 4.78 is 5.09. The fourth-order valence-electron chi connectivity index (χ4n) is 1.42. The van der Waals surface area contributed by atoms with Crippen molar-refractivity contribution in [3.8, 4) is 5.75 Å². The van der Waals surface area contributed by atoms with E-state index >= 15 is 0 Å². The average Bonchev–Trinajstić information content (AvgIpc) is 2.80. The topological polar surface area (TPSA) is 33.6 Å². The van der Waals surface area contributed by atoms with E-state index in [-0.39, 0.29) is 0 Å². The second kappa shape index (κ2) is 4.64. The van der Waals surface area contributed by atoms with E-state index in [9.17, 15) is 0 Å². The Hall–Kier alpha value is -1.77. The van der Waals surface area contributed by atoms with Gasteiger partial charge in [-0.1, -0.05) is 18.2 Å². The molecule has 1 N–H and O–H groups in total. The van der Waals surface area contributed by atoms with Crippen LogP contribution in [0.4, 0.5) is 0 Å². The van der Waals surface area contributed by atoms with Gasteiger partial charge in [-0.25, -0.2) is 0 Å². The molecule has 0 amide bonds. The van der Waals surface area contributed by atoms with Crippen molar-refractivity contribution in [2.75, 3.05) is 20.2 Å². The molecule has 0 fully saturated rings. The first kappa shape index (κ1) is 9.77. The van der Waals surface area contributed by atoms with Gasteiger partial charge in [0.15, 0.2) is 0 Å². The number of benzene rings is 1. The van der Waals surface area contributed by atoms with Crippen LogP contribution in [0, 0.1) is 0 Å². The Balaban J connectivity index is 2.03. The lowest BCUT2D eigenvalue weighted by Gasteiger charge is -1.99. The van der Waals surface area contributed by atoms with Crippen LogP contribution in [0.15, 0.2) is 35.3 Å². The molecule has 1 heterocycles. The van der Waals surface area contributed by atoms with Gasteiger partial charge in [0.05, 0.1) is 13.7 Å². The number of methoxy groups -OCH3 is 1. The maximum absolute atomic E-state index is 5.09. The van der Waals surface area contributed by atoms with Crippen molar-refractivity contribution in [1.29, 1.82) is 0 Å². The molecule has 0 unspecified atom stereocenters. The first-order chi connectivity index (χ1) is 7.38. The molecule has 1 aromatic carbocycles. The summed E-state index contributed by atoms with van der Waals surface area (Å²) in [5.41, 5.74) is 1.15. The predicted molar refractivity (Wildman–Crippen MR) is 62.3 cm³/mol. The second-order valence-electron chi connectivity index (χ2n) is 3.30. The molecule has 0 atom stereocenters. The fraction of sp³-hybridized carbons (Fsp3) is 0.250. The van der Waals surface area contributed by atoms with E-state index < -0.39 is 0 Å². The summed E-state index contributed by atoms with van der Waals surface area (Å²) in [4.78, 5) is 4.28. The van der Waals surface area contributed by atoms with Gasteiger partial charge in [0.1, 0.15) is 11.6 Å². The van der Waals surface area contributed by atoms with Crippen molar-refractivity contribution < 1.29 is 4.74 Å². The van der Waals surface area contributed by atoms with Gasteiger partial charge >= 0.3 is 0 Å². The van der Waals surface area contributed by atoms with E-state index in [2.05, 4.69) is 10.3 Å². The Labute approximate surface area is 89.5 Å². The summed E-state index contributed by atoms with van der Waals surface area (Å²) in [6.45, 7) is 1.82. The molecule has 78 valence electrons. The van der Waals surface area contributed by atoms with Crippen molar-refractivity contribution in [1.82, 2.24) is 5.32 Å². The number of hydrogen-bond donors (Lipinski definition) is 1. The smallest absolute Gasteiger partial charge is 0.120 e. The van der Waals surface area contributed by atoms with Crippen LogP contribution in [-0.4, -0.2) is 26.0 Å². The van der Waals surface area contributed by atoms with Crippen LogP contribution >= 0.6 is 0 Å². The molecule has 1 aliphatic rings. The molecule has 3 heteroatoms. The third-order valence-electron chi connectivity index (χ3n) is 2.25. The van der Waals surface area contributed by atoms with Crippen LogP contribution in [0.25, 0.3) is 6.08 Å². The zero-order valence-corrected chi connectivity index (χ0v) is 8.73. The first-order valence-corrected chi connectivity index (χ1v) is 4.99. The van der Waals surface area contributed by atoms with Crippen LogP contribution < -0.4 is 10.1 Å². The summed E-state index contributed by atoms with van der Waals surface area (Å²) >= 11 is 0. The Morgan fingerprint density at radius 2 is 2.07 bits per heavy atom. The van der Waals surface area contributed by atoms with E-state index in [1.807, 2.05) is 36.4 Å². The molecule has 0 radical (unpaired) electrons. The molecular weight excluding hydrogens is 188 g/mol. The summed E-state index contributed by atoms with van der Waals surface area (Å²) in [6.07, 6.45) is 4.03. The van der Waals surface area contributed by atoms with Gasteiger partial charge in [-0.2, -0.15) is 0 Å². The van der Waals surface area contributed by atoms with Gasteiger partial charge < -0.3 is 10.1 Å². The number of hydrogen-bond acceptors (Lipinski definition) is 3. The minimum absolute atomic E-state index is 0.877. The molecule has 1 aliphatic heterocycles. The molecule has 0 spiro atoms. The minimum Gasteiger partial charge on any atom is -0.497 e. The van der Waals surface area contributed by atoms with Crippen LogP contribution in [-0.2, 0) is 0 Å². The Morgan fingerprint density at radius 3 is 2.67 bits per heavy atom. The van der Waals surface area contributed by atoms with E-state index in [0.29, 0.717) is 0 Å². The van der Waals surface area contributed by atoms with Gasteiger partial charge in [0.25, 0.3) is 0 Å². The molecule has 15 heavy (non-hydrogen) atoms. The highest BCUT2D eigenvalue weighted by Gasteiger charge is 1.99. The van der Waals surface area contributed by atoms with Crippen molar-refractivity contribution in [2.24, 2.45) is 4.99 Å². The first-order valence-electron chi connectivity index (χ1n) is 4.99. The molecule has 0 aliphatic carbocycles. The summed E-state index contributed by atoms with van der Waals surface area (Å²) in [6, 6.07) is 7.93. The number of nitrogens with zero attached hydrogens (tertiary/aromatic N) is 1. The molecular formula is C12H14N2O. The van der Waals surface area contributed by atoms with Gasteiger partial charge in [0.2, 0.25) is 0 Å². The van der Waals surface area contributed by atoms with Crippen molar-refractivity contribution >= 4 is 11.9 Å². The Morgan fingerprint density at radius 1 is 1.27 bits per heavy atom. The van der Waals surface area contributed by atoms with Gasteiger partial charge in [-0.15, -0.1) is 0 Å². The summed E-state index contributed by atoms with van der Waals surface area (Å²) in [7, 11) is 1.67. The van der Waals surface area contributed by atoms with Crippen LogP contribution in [0.2, 0.25) is 0 Å². The lowest BCUT2D eigenvalue weighted by atomic mass is 10.2. The highest BCUT2D eigenvalue weighted by Crippen LogP contribution is 2.12. The third-order valence-corrected chi connectivity index (χ3v) is 2.25. The number of ether oxygens (including phenoxy) is 1. The minimum atomic E-state index is 0.877. The quantitative estimate of drug-likeness (QED) is 0.809. The lowest BCUT2D eigenvalue weighted by molar-refractivity contribution is 0.415. The second-order valence-corrected chi connectivity index (χ2v) is 3.30. The highest BCUT2D eigenvalue weighted by atomic mass is 16.5. The SMILES string of the molecule is COc1ccc(/C=C/C2=NCCN2)cc1. The fourth-order valence-corrected chi connectivity index (χ4v) is 1.42. The van der Waals surface area contributed by atoms with Crippen molar-refractivity contribution in [2.45, 2.75) is 0 Å². The molecule has 1 aromatic rings. The van der Waals surface area contributed by atoms with Crippen LogP contribution in [0.5, 0.6) is 5.75 Å². The lowest BCUT2D eigenvalue weighted by Crippen LogP contribution is -2.15. The van der Waals surface area contributed by atoms with Crippen molar-refractivity contribution in [3.05, 3.63) is 35.9 Å². The van der Waals surface area contributed by atoms with E-state index in [0.717, 1.165) is 30.2 Å². The summed E-state index contributed by atoms with van der Waals surface area (Å²) in [5, 5.41) is 3.19. The number of aliphatic imine (C=N–C) groups is 1. The molecule has 2 rings (SSSR count). The predicted octanol–water partition coefficient (Wildman–Crippen LogP) is 1.71. The van der Waals surface area contributed by atoms with E-state index in [1.54, 1.807) is 7.11 Å². The highest BCUT2D eigenvalue weighted by molar-refractivity contribution is 5.97. The zero-order chi connectivity index (χ0) is 10.5. The zero-order valence-electron chi connectivity index (χ0n) is 8.73. The molecule has 0 aromatic heterocycles. The van der Waals surface area contributed by atoms with Gasteiger partial charge in [-0.3, -0.25) is 4.99 Å². The molecule has 0 bridgehead atoms. The number of rotatable bonds is 3. The standard InChI is InChI=1S/C12H14N2O/c1-15-11-5-2-10(3-6-11)4-7-12-13-8-9-14-12/h2-7H,8-9H2,1H3,(H,13,14)/b7-4+. The van der Waals surface area contributed by atoms with Crippen LogP contribution in [0.3, 0.4) is 0 Å². The van der Waals surface area contributed by atoms with Gasteiger partial charge in [0, 0.05) is 6.54 Å². The van der Waals surface area contributed by atoms with E-state index in [1.165, 1.54) is 0 Å². The number of nitrogens with one attached hydrogen (secondary N) is 1. The molecule has 0 saturated heterocycles. The Bertz CT molecular complexity index is 379.